The van der Waals surface area contributed by atoms with Crippen molar-refractivity contribution < 1.29 is 15.0 Å². The Bertz CT molecular complexity index is 160. The Morgan fingerprint density at radius 2 is 2.33 bits per heavy atom. The molecule has 4 nitrogen and oxygen atoms in total. The fraction of sp³-hybridized carbons (Fsp3) is 0.600. The van der Waals surface area contributed by atoms with Crippen molar-refractivity contribution in [3.63, 3.8) is 0 Å². The van der Waals surface area contributed by atoms with Gasteiger partial charge in [0.2, 0.25) is 5.60 Å². The number of aliphatic hydroxyl groups is 1. The van der Waals surface area contributed by atoms with E-state index in [4.69, 9.17) is 15.5 Å². The lowest BCUT2D eigenvalue weighted by Gasteiger charge is -2.09. The molecule has 0 fully saturated rings. The summed E-state index contributed by atoms with van der Waals surface area (Å²) in [5, 5.41) is 25.0. The molecule has 0 saturated heterocycles. The van der Waals surface area contributed by atoms with Gasteiger partial charge < -0.3 is 10.2 Å². The van der Waals surface area contributed by atoms with Gasteiger partial charge in [-0.15, -0.1) is 0 Å². The van der Waals surface area contributed by atoms with Gasteiger partial charge in [0.05, 0.1) is 0 Å². The normalized spacial score (nSPS) is 15.7. The van der Waals surface area contributed by atoms with Crippen LogP contribution in [0.25, 0.3) is 0 Å². The summed E-state index contributed by atoms with van der Waals surface area (Å²) < 4.78 is 0. The fourth-order valence-electron chi connectivity index (χ4n) is 0.278. The molecule has 0 heterocycles. The summed E-state index contributed by atoms with van der Waals surface area (Å²) in [6.45, 7) is 1.43. The molecule has 0 aromatic rings. The molecule has 0 aromatic carbocycles. The Morgan fingerprint density at radius 3 is 2.33 bits per heavy atom. The third kappa shape index (κ3) is 1.40. The van der Waals surface area contributed by atoms with Gasteiger partial charge in [-0.3, -0.25) is 0 Å². The van der Waals surface area contributed by atoms with Gasteiger partial charge in [0.1, 0.15) is 6.07 Å². The van der Waals surface area contributed by atoms with Crippen LogP contribution in [-0.2, 0) is 4.79 Å². The summed E-state index contributed by atoms with van der Waals surface area (Å²) in [6, 6.07) is 1.28. The van der Waals surface area contributed by atoms with Crippen molar-refractivity contribution >= 4 is 5.97 Å². The Balaban J connectivity index is 4.33. The van der Waals surface area contributed by atoms with Crippen LogP contribution in [0.5, 0.6) is 0 Å². The monoisotopic (exact) mass is 129 g/mol. The van der Waals surface area contributed by atoms with E-state index < -0.39 is 11.6 Å². The number of hydrogen-bond donors (Lipinski definition) is 2. The number of rotatable bonds is 2. The van der Waals surface area contributed by atoms with Crippen molar-refractivity contribution in [2.24, 2.45) is 0 Å². The van der Waals surface area contributed by atoms with Gasteiger partial charge in [-0.05, 0) is 6.42 Å². The highest BCUT2D eigenvalue weighted by molar-refractivity contribution is 5.80. The maximum absolute atomic E-state index is 10.0. The number of aliphatic carboxylic acids is 1. The van der Waals surface area contributed by atoms with Crippen LogP contribution in [-0.4, -0.2) is 21.8 Å². The Labute approximate surface area is 52.3 Å². The van der Waals surface area contributed by atoms with E-state index in [1.165, 1.54) is 13.0 Å². The smallest absolute Gasteiger partial charge is 0.350 e. The molecular formula is C5H7NO3. The minimum Gasteiger partial charge on any atom is -0.478 e. The molecule has 1 unspecified atom stereocenters. The summed E-state index contributed by atoms with van der Waals surface area (Å²) in [5.74, 6) is -1.49. The minimum atomic E-state index is -2.19. The first-order chi connectivity index (χ1) is 4.06. The van der Waals surface area contributed by atoms with Crippen molar-refractivity contribution in [1.29, 1.82) is 5.26 Å². The third-order valence-electron chi connectivity index (χ3n) is 1.05. The average Bonchev–Trinajstić information content (AvgIpc) is 1.86. The van der Waals surface area contributed by atoms with Gasteiger partial charge in [0.25, 0.3) is 0 Å². The first-order valence-corrected chi connectivity index (χ1v) is 2.44. The quantitative estimate of drug-likeness (QED) is 0.503. The average molecular weight is 129 g/mol. The van der Waals surface area contributed by atoms with Gasteiger partial charge >= 0.3 is 5.97 Å². The summed E-state index contributed by atoms with van der Waals surface area (Å²) in [5.41, 5.74) is -2.19. The SMILES string of the molecule is CCC(O)(C#N)C(=O)O. The molecule has 0 saturated carbocycles. The van der Waals surface area contributed by atoms with Crippen molar-refractivity contribution in [2.45, 2.75) is 18.9 Å². The first-order valence-electron chi connectivity index (χ1n) is 2.44. The van der Waals surface area contributed by atoms with Crippen LogP contribution < -0.4 is 0 Å². The topological polar surface area (TPSA) is 81.3 Å². The molecule has 0 aliphatic heterocycles. The summed E-state index contributed by atoms with van der Waals surface area (Å²) >= 11 is 0. The molecule has 0 aliphatic rings. The standard InChI is InChI=1S/C5H7NO3/c1-2-5(9,3-6)4(7)8/h9H,2H2,1H3,(H,7,8). The molecular weight excluding hydrogens is 122 g/mol. The highest BCUT2D eigenvalue weighted by Gasteiger charge is 2.33. The molecule has 1 atom stereocenters. The van der Waals surface area contributed by atoms with Gasteiger partial charge in [-0.1, -0.05) is 6.92 Å². The zero-order chi connectivity index (χ0) is 7.49. The lowest BCUT2D eigenvalue weighted by molar-refractivity contribution is -0.152. The maximum Gasteiger partial charge on any atom is 0.350 e. The summed E-state index contributed by atoms with van der Waals surface area (Å²) in [4.78, 5) is 10.0. The number of nitrogens with zero attached hydrogens (tertiary/aromatic N) is 1. The van der Waals surface area contributed by atoms with E-state index in [2.05, 4.69) is 0 Å². The second-order valence-electron chi connectivity index (χ2n) is 1.63. The Kier molecular flexibility index (Phi) is 2.17. The van der Waals surface area contributed by atoms with Crippen LogP contribution in [0.2, 0.25) is 0 Å². The molecule has 0 bridgehead atoms. The second kappa shape index (κ2) is 2.46. The van der Waals surface area contributed by atoms with Crippen LogP contribution in [0.15, 0.2) is 0 Å². The highest BCUT2D eigenvalue weighted by Crippen LogP contribution is 2.06. The Morgan fingerprint density at radius 1 is 1.89 bits per heavy atom. The van der Waals surface area contributed by atoms with Gasteiger partial charge in [0, 0.05) is 0 Å². The van der Waals surface area contributed by atoms with Crippen LogP contribution in [0.1, 0.15) is 13.3 Å². The number of nitriles is 1. The van der Waals surface area contributed by atoms with E-state index in [1.54, 1.807) is 0 Å². The van der Waals surface area contributed by atoms with Crippen LogP contribution >= 0.6 is 0 Å². The number of carboxylic acids is 1. The molecule has 0 aliphatic carbocycles. The van der Waals surface area contributed by atoms with E-state index in [0.29, 0.717) is 0 Å². The van der Waals surface area contributed by atoms with Crippen LogP contribution in [0.3, 0.4) is 0 Å². The molecule has 0 radical (unpaired) electrons. The first kappa shape index (κ1) is 7.92. The zero-order valence-electron chi connectivity index (χ0n) is 4.96. The van der Waals surface area contributed by atoms with Crippen molar-refractivity contribution in [3.8, 4) is 6.07 Å². The van der Waals surface area contributed by atoms with E-state index in [-0.39, 0.29) is 6.42 Å². The molecule has 0 amide bonds. The predicted molar refractivity (Wildman–Crippen MR) is 28.5 cm³/mol. The molecule has 0 rings (SSSR count). The molecule has 0 spiro atoms. The van der Waals surface area contributed by atoms with Gasteiger partial charge in [-0.2, -0.15) is 5.26 Å². The maximum atomic E-state index is 10.0. The second-order valence-corrected chi connectivity index (χ2v) is 1.63. The number of carboxylic acid groups (broad SMARTS) is 1. The van der Waals surface area contributed by atoms with Crippen molar-refractivity contribution in [3.05, 3.63) is 0 Å². The predicted octanol–water partition coefficient (Wildman–Crippen LogP) is -0.264. The summed E-state index contributed by atoms with van der Waals surface area (Å²) in [6.07, 6.45) is -0.0984. The third-order valence-corrected chi connectivity index (χ3v) is 1.05. The van der Waals surface area contributed by atoms with E-state index in [0.717, 1.165) is 0 Å². The van der Waals surface area contributed by atoms with Crippen molar-refractivity contribution in [2.75, 3.05) is 0 Å². The minimum absolute atomic E-state index is 0.0984. The number of hydrogen-bond acceptors (Lipinski definition) is 3. The molecule has 0 aromatic heterocycles. The van der Waals surface area contributed by atoms with Gasteiger partial charge in [0.15, 0.2) is 0 Å². The zero-order valence-corrected chi connectivity index (χ0v) is 4.96. The molecule has 9 heavy (non-hydrogen) atoms. The lowest BCUT2D eigenvalue weighted by Crippen LogP contribution is -2.35. The van der Waals surface area contributed by atoms with E-state index in [1.807, 2.05) is 0 Å². The highest BCUT2D eigenvalue weighted by atomic mass is 16.4. The molecule has 4 heteroatoms. The fourth-order valence-corrected chi connectivity index (χ4v) is 0.278. The summed E-state index contributed by atoms with van der Waals surface area (Å²) in [7, 11) is 0. The van der Waals surface area contributed by atoms with E-state index >= 15 is 0 Å². The molecule has 50 valence electrons. The number of carbonyl (C=O) groups is 1. The largest absolute Gasteiger partial charge is 0.478 e. The van der Waals surface area contributed by atoms with Gasteiger partial charge in [-0.25, -0.2) is 4.79 Å². The Hall–Kier alpha value is -1.08. The van der Waals surface area contributed by atoms with Crippen LogP contribution in [0.4, 0.5) is 0 Å². The van der Waals surface area contributed by atoms with Crippen molar-refractivity contribution in [1.82, 2.24) is 0 Å². The lowest BCUT2D eigenvalue weighted by atomic mass is 10.0. The van der Waals surface area contributed by atoms with E-state index in [9.17, 15) is 4.79 Å². The molecule has 2 N–H and O–H groups in total. The van der Waals surface area contributed by atoms with Crippen LogP contribution in [0, 0.1) is 11.3 Å².